The highest BCUT2D eigenvalue weighted by atomic mass is 35.5. The molecule has 4 nitrogen and oxygen atoms in total. The van der Waals surface area contributed by atoms with Crippen molar-refractivity contribution in [3.05, 3.63) is 88.7 Å². The molecule has 28 heavy (non-hydrogen) atoms. The van der Waals surface area contributed by atoms with E-state index in [-0.39, 0.29) is 11.7 Å². The second-order valence-electron chi connectivity index (χ2n) is 7.20. The topological polar surface area (TPSA) is 38.1 Å². The van der Waals surface area contributed by atoms with Crippen LogP contribution < -0.4 is 0 Å². The SMILES string of the molecule is O=C(c1ccc(F)cc1)N(Cc1nccn1Cc1ccccc1Cl)CC1CC1. The lowest BCUT2D eigenvalue weighted by Crippen LogP contribution is -2.33. The third-order valence-corrected chi connectivity index (χ3v) is 5.36. The number of halogens is 2. The molecule has 144 valence electrons. The molecule has 1 heterocycles. The first-order valence-electron chi connectivity index (χ1n) is 9.38. The molecule has 0 saturated heterocycles. The third kappa shape index (κ3) is 4.42. The maximum absolute atomic E-state index is 13.2. The summed E-state index contributed by atoms with van der Waals surface area (Å²) in [6, 6.07) is 13.4. The molecule has 2 aromatic carbocycles. The zero-order valence-corrected chi connectivity index (χ0v) is 16.1. The average Bonchev–Trinajstić information content (AvgIpc) is 3.41. The van der Waals surface area contributed by atoms with Gasteiger partial charge in [0.25, 0.3) is 5.91 Å². The van der Waals surface area contributed by atoms with Crippen molar-refractivity contribution in [2.75, 3.05) is 6.54 Å². The van der Waals surface area contributed by atoms with Crippen LogP contribution in [0.15, 0.2) is 60.9 Å². The van der Waals surface area contributed by atoms with Gasteiger partial charge in [0.1, 0.15) is 11.6 Å². The highest BCUT2D eigenvalue weighted by molar-refractivity contribution is 6.31. The minimum absolute atomic E-state index is 0.0980. The van der Waals surface area contributed by atoms with Gasteiger partial charge in [-0.25, -0.2) is 9.37 Å². The van der Waals surface area contributed by atoms with Crippen LogP contribution in [0.1, 0.15) is 34.6 Å². The van der Waals surface area contributed by atoms with E-state index in [1.807, 2.05) is 39.9 Å². The Morgan fingerprint density at radius 2 is 1.93 bits per heavy atom. The van der Waals surface area contributed by atoms with Gasteiger partial charge in [0.2, 0.25) is 0 Å². The highest BCUT2D eigenvalue weighted by Gasteiger charge is 2.28. The van der Waals surface area contributed by atoms with Crippen molar-refractivity contribution in [2.24, 2.45) is 5.92 Å². The van der Waals surface area contributed by atoms with Crippen LogP contribution in [0.4, 0.5) is 4.39 Å². The largest absolute Gasteiger partial charge is 0.331 e. The number of carbonyl (C=O) groups excluding carboxylic acids is 1. The lowest BCUT2D eigenvalue weighted by atomic mass is 10.2. The van der Waals surface area contributed by atoms with Crippen molar-refractivity contribution >= 4 is 17.5 Å². The number of carbonyl (C=O) groups is 1. The van der Waals surface area contributed by atoms with Gasteiger partial charge < -0.3 is 9.47 Å². The molecule has 6 heteroatoms. The van der Waals surface area contributed by atoms with Crippen LogP contribution in [-0.2, 0) is 13.1 Å². The van der Waals surface area contributed by atoms with Crippen LogP contribution >= 0.6 is 11.6 Å². The lowest BCUT2D eigenvalue weighted by Gasteiger charge is -2.23. The molecule has 1 aromatic heterocycles. The summed E-state index contributed by atoms with van der Waals surface area (Å²) in [6.07, 6.45) is 5.92. The summed E-state index contributed by atoms with van der Waals surface area (Å²) in [5.74, 6) is 0.896. The molecular weight excluding hydrogens is 377 g/mol. The van der Waals surface area contributed by atoms with Crippen molar-refractivity contribution < 1.29 is 9.18 Å². The first-order valence-corrected chi connectivity index (χ1v) is 9.76. The van der Waals surface area contributed by atoms with Gasteiger partial charge in [-0.2, -0.15) is 0 Å². The molecule has 1 aliphatic carbocycles. The van der Waals surface area contributed by atoms with Crippen molar-refractivity contribution in [1.82, 2.24) is 14.5 Å². The molecule has 0 radical (unpaired) electrons. The average molecular weight is 398 g/mol. The van der Waals surface area contributed by atoms with Crippen molar-refractivity contribution in [3.8, 4) is 0 Å². The molecular formula is C22H21ClFN3O. The van der Waals surface area contributed by atoms with E-state index in [0.29, 0.717) is 36.1 Å². The Bertz CT molecular complexity index is 966. The molecule has 0 spiro atoms. The van der Waals surface area contributed by atoms with Gasteiger partial charge in [0.05, 0.1) is 13.1 Å². The maximum Gasteiger partial charge on any atom is 0.254 e. The first kappa shape index (κ1) is 18.7. The lowest BCUT2D eigenvalue weighted by molar-refractivity contribution is 0.0728. The summed E-state index contributed by atoms with van der Waals surface area (Å²) in [5, 5.41) is 0.708. The van der Waals surface area contributed by atoms with Crippen LogP contribution in [0, 0.1) is 11.7 Å². The van der Waals surface area contributed by atoms with E-state index in [2.05, 4.69) is 4.98 Å². The summed E-state index contributed by atoms with van der Waals surface area (Å²) < 4.78 is 15.2. The van der Waals surface area contributed by atoms with E-state index in [1.165, 1.54) is 24.3 Å². The predicted octanol–water partition coefficient (Wildman–Crippen LogP) is 4.78. The van der Waals surface area contributed by atoms with Gasteiger partial charge in [0.15, 0.2) is 0 Å². The van der Waals surface area contributed by atoms with Gasteiger partial charge in [-0.15, -0.1) is 0 Å². The number of aromatic nitrogens is 2. The minimum Gasteiger partial charge on any atom is -0.331 e. The number of amides is 1. The number of hydrogen-bond donors (Lipinski definition) is 0. The highest BCUT2D eigenvalue weighted by Crippen LogP contribution is 2.30. The molecule has 0 atom stereocenters. The standard InChI is InChI=1S/C22H21ClFN3O/c23-20-4-2-1-3-18(20)14-26-12-11-25-21(26)15-27(13-16-5-6-16)22(28)17-7-9-19(24)10-8-17/h1-4,7-12,16H,5-6,13-15H2. The van der Waals surface area contributed by atoms with E-state index in [0.717, 1.165) is 24.2 Å². The van der Waals surface area contributed by atoms with E-state index < -0.39 is 0 Å². The van der Waals surface area contributed by atoms with E-state index in [9.17, 15) is 9.18 Å². The Morgan fingerprint density at radius 1 is 1.18 bits per heavy atom. The van der Waals surface area contributed by atoms with Crippen LogP contribution in [-0.4, -0.2) is 26.9 Å². The minimum atomic E-state index is -0.347. The third-order valence-electron chi connectivity index (χ3n) is 4.99. The number of rotatable bonds is 7. The monoisotopic (exact) mass is 397 g/mol. The normalized spacial score (nSPS) is 13.5. The summed E-state index contributed by atoms with van der Waals surface area (Å²) in [5.41, 5.74) is 1.49. The van der Waals surface area contributed by atoms with E-state index in [1.54, 1.807) is 6.20 Å². The number of hydrogen-bond acceptors (Lipinski definition) is 2. The first-order chi connectivity index (χ1) is 13.6. The number of benzene rings is 2. The van der Waals surface area contributed by atoms with Crippen LogP contribution in [0.2, 0.25) is 5.02 Å². The van der Waals surface area contributed by atoms with Crippen LogP contribution in [0.25, 0.3) is 0 Å². The molecule has 0 N–H and O–H groups in total. The van der Waals surface area contributed by atoms with E-state index in [4.69, 9.17) is 11.6 Å². The van der Waals surface area contributed by atoms with E-state index >= 15 is 0 Å². The number of nitrogens with zero attached hydrogens (tertiary/aromatic N) is 3. The van der Waals surface area contributed by atoms with Gasteiger partial charge >= 0.3 is 0 Å². The smallest absolute Gasteiger partial charge is 0.254 e. The van der Waals surface area contributed by atoms with Gasteiger partial charge in [0, 0.05) is 29.5 Å². The second-order valence-corrected chi connectivity index (χ2v) is 7.61. The fourth-order valence-electron chi connectivity index (χ4n) is 3.22. The summed E-state index contributed by atoms with van der Waals surface area (Å²) in [6.45, 7) is 1.69. The van der Waals surface area contributed by atoms with Crippen LogP contribution in [0.3, 0.4) is 0 Å². The Labute approximate surface area is 168 Å². The second kappa shape index (κ2) is 8.15. The Morgan fingerprint density at radius 3 is 2.64 bits per heavy atom. The van der Waals surface area contributed by atoms with Gasteiger partial charge in [-0.1, -0.05) is 29.8 Å². The Balaban J connectivity index is 1.54. The van der Waals surface area contributed by atoms with Crippen molar-refractivity contribution in [2.45, 2.75) is 25.9 Å². The Hall–Kier alpha value is -2.66. The quantitative estimate of drug-likeness (QED) is 0.575. The van der Waals surface area contributed by atoms with Crippen molar-refractivity contribution in [3.63, 3.8) is 0 Å². The molecule has 4 rings (SSSR count). The molecule has 0 aliphatic heterocycles. The Kier molecular flexibility index (Phi) is 5.44. The predicted molar refractivity (Wildman–Crippen MR) is 107 cm³/mol. The molecule has 1 saturated carbocycles. The molecule has 1 aliphatic rings. The zero-order chi connectivity index (χ0) is 19.5. The van der Waals surface area contributed by atoms with Gasteiger partial charge in [-0.05, 0) is 54.7 Å². The summed E-state index contributed by atoms with van der Waals surface area (Å²) >= 11 is 6.29. The fraction of sp³-hybridized carbons (Fsp3) is 0.273. The number of imidazole rings is 1. The van der Waals surface area contributed by atoms with Crippen LogP contribution in [0.5, 0.6) is 0 Å². The van der Waals surface area contributed by atoms with Gasteiger partial charge in [-0.3, -0.25) is 4.79 Å². The maximum atomic E-state index is 13.2. The zero-order valence-electron chi connectivity index (χ0n) is 15.4. The van der Waals surface area contributed by atoms with Crippen molar-refractivity contribution in [1.29, 1.82) is 0 Å². The molecule has 1 fully saturated rings. The fourth-order valence-corrected chi connectivity index (χ4v) is 3.42. The molecule has 0 unspecified atom stereocenters. The molecule has 3 aromatic rings. The molecule has 1 amide bonds. The molecule has 0 bridgehead atoms. The summed E-state index contributed by atoms with van der Waals surface area (Å²) in [7, 11) is 0. The summed E-state index contributed by atoms with van der Waals surface area (Å²) in [4.78, 5) is 19.3.